The van der Waals surface area contributed by atoms with Gasteiger partial charge in [0, 0.05) is 19.4 Å². The number of carbonyl (C=O) groups is 2. The Morgan fingerprint density at radius 2 is 0.733 bits per heavy atom. The molecular weight excluding hydrogens is 954 g/mol. The van der Waals surface area contributed by atoms with Gasteiger partial charge in [-0.25, -0.2) is 4.57 Å². The Hall–Kier alpha value is -3.33. The highest BCUT2D eigenvalue weighted by molar-refractivity contribution is 7.47. The number of phosphoric ester groups is 1. The van der Waals surface area contributed by atoms with Crippen LogP contribution >= 0.6 is 7.82 Å². The van der Waals surface area contributed by atoms with Gasteiger partial charge in [-0.3, -0.25) is 18.6 Å². The largest absolute Gasteiger partial charge is 0.472 e. The van der Waals surface area contributed by atoms with E-state index < -0.39 is 32.5 Å². The number of allylic oxidation sites excluding steroid dienone is 18. The number of rotatable bonds is 56. The molecule has 0 saturated heterocycles. The lowest BCUT2D eigenvalue weighted by Gasteiger charge is -2.19. The zero-order chi connectivity index (χ0) is 54.5. The molecule has 430 valence electrons. The van der Waals surface area contributed by atoms with E-state index >= 15 is 0 Å². The molecule has 0 aliphatic heterocycles. The fraction of sp³-hybridized carbons (Fsp3) is 0.692. The van der Waals surface area contributed by atoms with E-state index in [0.717, 1.165) is 77.0 Å². The average Bonchev–Trinajstić information content (AvgIpc) is 3.40. The maximum atomic E-state index is 12.7. The van der Waals surface area contributed by atoms with Crippen molar-refractivity contribution in [2.75, 3.05) is 26.4 Å². The molecule has 0 saturated carbocycles. The van der Waals surface area contributed by atoms with E-state index in [9.17, 15) is 19.0 Å². The molecule has 3 N–H and O–H groups in total. The highest BCUT2D eigenvalue weighted by atomic mass is 31.2. The normalized spacial score (nSPS) is 13.8. The predicted octanol–water partition coefficient (Wildman–Crippen LogP) is 19.4. The summed E-state index contributed by atoms with van der Waals surface area (Å²) in [4.78, 5) is 35.2. The van der Waals surface area contributed by atoms with Gasteiger partial charge in [0.2, 0.25) is 0 Å². The molecule has 0 rings (SSSR count). The molecule has 0 heterocycles. The first-order valence-corrected chi connectivity index (χ1v) is 31.9. The van der Waals surface area contributed by atoms with E-state index in [2.05, 4.69) is 117 Å². The van der Waals surface area contributed by atoms with E-state index in [-0.39, 0.29) is 32.6 Å². The van der Waals surface area contributed by atoms with Crippen LogP contribution in [-0.4, -0.2) is 49.3 Å². The molecule has 0 aliphatic carbocycles. The van der Waals surface area contributed by atoms with Gasteiger partial charge < -0.3 is 20.1 Å². The molecule has 0 aliphatic rings. The molecule has 2 atom stereocenters. The van der Waals surface area contributed by atoms with Crippen molar-refractivity contribution in [3.05, 3.63) is 109 Å². The van der Waals surface area contributed by atoms with E-state index in [0.29, 0.717) is 12.8 Å². The standard InChI is InChI=1S/C65H112NO8P/c1-3-5-7-9-11-13-15-17-19-21-23-25-27-29-30-31-32-34-36-38-40-42-44-46-48-50-52-54-56-58-65(68)74-63(62-73-75(69,70)72-60-59-66)61-71-64(67)57-55-53-51-49-47-45-43-41-39-37-35-33-28-26-24-22-20-18-16-14-12-10-8-6-4-2/h5,7,11,13,17,19,23,25,29-30,32,34,38,40,44,46,50,52,63H,3-4,6,8-10,12,14-16,18,20-22,24,26-28,31,33,35-37,39,41-43,45,47-49,51,53-62,66H2,1-2H3,(H,69,70)/b7-5-,13-11-,19-17-,25-23-,30-29-,34-32-,40-38-,46-44-,52-50-. The SMILES string of the molecule is CC/C=C\C/C=C\C/C=C\C/C=C\C/C=C\C/C=C\C/C=C\C/C=C\C/C=C\CCCC(=O)OC(COC(=O)CCCCCCCCCCCCCCCCCCCCCCCCCCC)COP(=O)(O)OCCN. The van der Waals surface area contributed by atoms with Crippen molar-refractivity contribution in [2.45, 2.75) is 264 Å². The molecule has 0 fully saturated rings. The van der Waals surface area contributed by atoms with Gasteiger partial charge in [0.1, 0.15) is 6.61 Å². The molecule has 0 radical (unpaired) electrons. The summed E-state index contributed by atoms with van der Waals surface area (Å²) in [6.45, 7) is 3.58. The molecule has 2 unspecified atom stereocenters. The summed E-state index contributed by atoms with van der Waals surface area (Å²) >= 11 is 0. The summed E-state index contributed by atoms with van der Waals surface area (Å²) in [5.41, 5.74) is 5.38. The fourth-order valence-electron chi connectivity index (χ4n) is 8.23. The van der Waals surface area contributed by atoms with Crippen LogP contribution < -0.4 is 5.73 Å². The van der Waals surface area contributed by atoms with E-state index in [1.807, 2.05) is 6.08 Å². The first-order chi connectivity index (χ1) is 36.8. The van der Waals surface area contributed by atoms with Crippen LogP contribution in [0.15, 0.2) is 109 Å². The van der Waals surface area contributed by atoms with Crippen LogP contribution in [0, 0.1) is 0 Å². The molecule has 0 amide bonds. The Balaban J connectivity index is 4.08. The predicted molar refractivity (Wildman–Crippen MR) is 321 cm³/mol. The number of phosphoric acid groups is 1. The lowest BCUT2D eigenvalue weighted by molar-refractivity contribution is -0.161. The van der Waals surface area contributed by atoms with Crippen LogP contribution in [0.5, 0.6) is 0 Å². The van der Waals surface area contributed by atoms with Crippen LogP contribution in [0.25, 0.3) is 0 Å². The molecule has 0 aromatic heterocycles. The summed E-state index contributed by atoms with van der Waals surface area (Å²) in [5.74, 6) is -0.896. The van der Waals surface area contributed by atoms with Crippen LogP contribution in [0.4, 0.5) is 0 Å². The molecule has 75 heavy (non-hydrogen) atoms. The maximum absolute atomic E-state index is 12.7. The molecule has 0 bridgehead atoms. The third-order valence-electron chi connectivity index (χ3n) is 12.7. The summed E-state index contributed by atoms with van der Waals surface area (Å²) in [6, 6.07) is 0. The number of carbonyl (C=O) groups excluding carboxylic acids is 2. The van der Waals surface area contributed by atoms with Gasteiger partial charge in [-0.05, 0) is 77.0 Å². The third kappa shape index (κ3) is 59.8. The summed E-state index contributed by atoms with van der Waals surface area (Å²) < 4.78 is 33.0. The Kier molecular flexibility index (Phi) is 57.2. The van der Waals surface area contributed by atoms with Gasteiger partial charge in [0.15, 0.2) is 6.10 Å². The van der Waals surface area contributed by atoms with Crippen LogP contribution in [0.3, 0.4) is 0 Å². The first-order valence-electron chi connectivity index (χ1n) is 30.4. The zero-order valence-corrected chi connectivity index (χ0v) is 48.9. The Bertz CT molecular complexity index is 1590. The van der Waals surface area contributed by atoms with Gasteiger partial charge in [-0.2, -0.15) is 0 Å². The molecule has 0 aromatic rings. The maximum Gasteiger partial charge on any atom is 0.472 e. The number of nitrogens with two attached hydrogens (primary N) is 1. The quantitative estimate of drug-likeness (QED) is 0.0264. The summed E-state index contributed by atoms with van der Waals surface area (Å²) in [5, 5.41) is 0. The minimum Gasteiger partial charge on any atom is -0.462 e. The minimum atomic E-state index is -4.41. The van der Waals surface area contributed by atoms with E-state index in [1.54, 1.807) is 0 Å². The molecule has 9 nitrogen and oxygen atoms in total. The molecule has 0 aromatic carbocycles. The highest BCUT2D eigenvalue weighted by Gasteiger charge is 2.26. The van der Waals surface area contributed by atoms with E-state index in [1.165, 1.54) is 141 Å². The fourth-order valence-corrected chi connectivity index (χ4v) is 8.99. The van der Waals surface area contributed by atoms with Gasteiger partial charge >= 0.3 is 19.8 Å². The number of unbranched alkanes of at least 4 members (excludes halogenated alkanes) is 25. The molecule has 10 heteroatoms. The van der Waals surface area contributed by atoms with Crippen molar-refractivity contribution in [1.82, 2.24) is 0 Å². The Morgan fingerprint density at radius 1 is 0.413 bits per heavy atom. The number of esters is 2. The van der Waals surface area contributed by atoms with Gasteiger partial charge in [0.05, 0.1) is 13.2 Å². The lowest BCUT2D eigenvalue weighted by Crippen LogP contribution is -2.29. The van der Waals surface area contributed by atoms with Crippen LogP contribution in [0.2, 0.25) is 0 Å². The Morgan fingerprint density at radius 3 is 1.08 bits per heavy atom. The smallest absolute Gasteiger partial charge is 0.462 e. The number of ether oxygens (including phenoxy) is 2. The molecular formula is C65H112NO8P. The average molecular weight is 1070 g/mol. The second kappa shape index (κ2) is 59.9. The van der Waals surface area contributed by atoms with Gasteiger partial charge in [0.25, 0.3) is 0 Å². The topological polar surface area (TPSA) is 134 Å². The number of hydrogen-bond donors (Lipinski definition) is 2. The van der Waals surface area contributed by atoms with Crippen molar-refractivity contribution in [1.29, 1.82) is 0 Å². The summed E-state index contributed by atoms with van der Waals surface area (Å²) in [6.07, 6.45) is 81.6. The van der Waals surface area contributed by atoms with Crippen molar-refractivity contribution >= 4 is 19.8 Å². The van der Waals surface area contributed by atoms with Crippen LogP contribution in [0.1, 0.15) is 258 Å². The first kappa shape index (κ1) is 71.7. The third-order valence-corrected chi connectivity index (χ3v) is 13.7. The van der Waals surface area contributed by atoms with Crippen molar-refractivity contribution < 1.29 is 37.6 Å². The lowest BCUT2D eigenvalue weighted by atomic mass is 10.0. The molecule has 0 spiro atoms. The number of hydrogen-bond acceptors (Lipinski definition) is 8. The summed E-state index contributed by atoms with van der Waals surface area (Å²) in [7, 11) is -4.41. The monoisotopic (exact) mass is 1070 g/mol. The van der Waals surface area contributed by atoms with Crippen LogP contribution in [-0.2, 0) is 32.7 Å². The van der Waals surface area contributed by atoms with Gasteiger partial charge in [-0.1, -0.05) is 277 Å². The van der Waals surface area contributed by atoms with Crippen molar-refractivity contribution in [2.24, 2.45) is 5.73 Å². The van der Waals surface area contributed by atoms with E-state index in [4.69, 9.17) is 24.3 Å². The zero-order valence-electron chi connectivity index (χ0n) is 48.0. The highest BCUT2D eigenvalue weighted by Crippen LogP contribution is 2.43. The van der Waals surface area contributed by atoms with Crippen molar-refractivity contribution in [3.63, 3.8) is 0 Å². The van der Waals surface area contributed by atoms with Crippen molar-refractivity contribution in [3.8, 4) is 0 Å². The van der Waals surface area contributed by atoms with Gasteiger partial charge in [-0.15, -0.1) is 0 Å². The Labute approximate surface area is 460 Å². The minimum absolute atomic E-state index is 0.0396. The second-order valence-corrected chi connectivity index (χ2v) is 21.3. The second-order valence-electron chi connectivity index (χ2n) is 19.8.